The monoisotopic (exact) mass is 899 g/mol. The van der Waals surface area contributed by atoms with Gasteiger partial charge in [0.1, 0.15) is 0 Å². The molecule has 8 aliphatic rings. The first-order valence-electron chi connectivity index (χ1n) is 25.4. The van der Waals surface area contributed by atoms with Crippen molar-refractivity contribution < 1.29 is 0 Å². The van der Waals surface area contributed by atoms with E-state index in [2.05, 4.69) is 81.4 Å². The van der Waals surface area contributed by atoms with Crippen LogP contribution in [0.3, 0.4) is 0 Å². The summed E-state index contributed by atoms with van der Waals surface area (Å²) in [6.07, 6.45) is 38.8. The average molecular weight is 897 g/mol. The van der Waals surface area contributed by atoms with Crippen molar-refractivity contribution in [3.8, 4) is 0 Å². The van der Waals surface area contributed by atoms with E-state index in [9.17, 15) is 0 Å². The third-order valence-electron chi connectivity index (χ3n) is 20.8. The van der Waals surface area contributed by atoms with Gasteiger partial charge in [0.15, 0.2) is 0 Å². The zero-order valence-corrected chi connectivity index (χ0v) is 42.0. The zero-order chi connectivity index (χ0) is 39.6. The van der Waals surface area contributed by atoms with Gasteiger partial charge >= 0.3 is 310 Å². The summed E-state index contributed by atoms with van der Waals surface area (Å²) in [5.41, 5.74) is 6.23. The molecule has 0 heterocycles. The summed E-state index contributed by atoms with van der Waals surface area (Å²) < 4.78 is 0. The molecule has 0 aliphatic heterocycles. The quantitative estimate of drug-likeness (QED) is 0.128. The molecule has 0 nitrogen and oxygen atoms in total. The molecule has 0 aromatic heterocycles. The molecule has 0 aromatic rings. The fraction of sp³-hybridized carbons (Fsp3) is 0.926. The van der Waals surface area contributed by atoms with Crippen LogP contribution in [0.15, 0.2) is 23.3 Å². The second-order valence-corrected chi connectivity index (χ2v) is 32.3. The van der Waals surface area contributed by atoms with E-state index in [0.717, 1.165) is 107 Å². The number of rotatable bonds is 13. The van der Waals surface area contributed by atoms with Gasteiger partial charge in [0, 0.05) is 0 Å². The zero-order valence-electron chi connectivity index (χ0n) is 38.6. The third-order valence-corrected chi connectivity index (χ3v) is 31.1. The molecule has 0 saturated heterocycles. The van der Waals surface area contributed by atoms with Crippen molar-refractivity contribution in [3.05, 3.63) is 23.3 Å². The minimum absolute atomic E-state index is 0.530. The van der Waals surface area contributed by atoms with E-state index in [-0.39, 0.29) is 0 Å². The fourth-order valence-corrected chi connectivity index (χ4v) is 27.2. The van der Waals surface area contributed by atoms with Gasteiger partial charge in [0.2, 0.25) is 0 Å². The molecule has 0 N–H and O–H groups in total. The predicted molar refractivity (Wildman–Crippen MR) is 245 cm³/mol. The summed E-state index contributed by atoms with van der Waals surface area (Å²) in [4.78, 5) is 2.10. The van der Waals surface area contributed by atoms with Crippen molar-refractivity contribution in [1.82, 2.24) is 0 Å². The van der Waals surface area contributed by atoms with Crippen molar-refractivity contribution in [3.63, 3.8) is 0 Å². The third kappa shape index (κ3) is 7.80. The molecule has 2 heteroatoms. The Morgan fingerprint density at radius 1 is 0.500 bits per heavy atom. The molecule has 0 bridgehead atoms. The van der Waals surface area contributed by atoms with Gasteiger partial charge in [-0.2, -0.15) is 0 Å². The first-order valence-corrected chi connectivity index (χ1v) is 31.7. The Bertz CT molecular complexity index is 1320. The molecule has 16 atom stereocenters. The topological polar surface area (TPSA) is 0 Å². The fourth-order valence-electron chi connectivity index (χ4n) is 17.6. The standard InChI is InChI=1S/C54H90Se2/c1-35(2)13-11-15-37(5)45-21-23-47-43-19-17-39-33-41(25-29-51(39,7)49(43)27-31-53(45,47)9)55-56-42-26-30-52(8)40(34-42)18-20-44-48-24-22-46(38(6)16-12-14-36(3)4)54(48,10)32-28-50(44)52/h17-18,35-38,41-50H,11-16,19-34H2,1-10H3/t37-,38-,41-,42-,43+,44+,45-,46-,47+,48+,49+,50+,51+,52+,53-,54-/m1/s1. The summed E-state index contributed by atoms with van der Waals surface area (Å²) in [5.74, 6) is 11.5. The van der Waals surface area contributed by atoms with Crippen LogP contribution in [-0.2, 0) is 0 Å². The van der Waals surface area contributed by atoms with Crippen molar-refractivity contribution in [1.29, 1.82) is 0 Å². The summed E-state index contributed by atoms with van der Waals surface area (Å²) >= 11 is 1.77. The van der Waals surface area contributed by atoms with Crippen LogP contribution in [-0.4, -0.2) is 26.3 Å². The van der Waals surface area contributed by atoms with Gasteiger partial charge in [-0.1, -0.05) is 40.5 Å². The average Bonchev–Trinajstić information content (AvgIpc) is 3.70. The second kappa shape index (κ2) is 17.0. The van der Waals surface area contributed by atoms with Crippen LogP contribution in [0.4, 0.5) is 0 Å². The molecule has 0 aromatic carbocycles. The Morgan fingerprint density at radius 2 is 0.911 bits per heavy atom. The van der Waals surface area contributed by atoms with Crippen LogP contribution in [0.5, 0.6) is 0 Å². The van der Waals surface area contributed by atoms with Gasteiger partial charge in [-0.05, 0) is 11.8 Å². The predicted octanol–water partition coefficient (Wildman–Crippen LogP) is 16.0. The van der Waals surface area contributed by atoms with Crippen molar-refractivity contribution in [2.45, 2.75) is 220 Å². The number of hydrogen-bond acceptors (Lipinski definition) is 0. The molecule has 6 saturated carbocycles. The van der Waals surface area contributed by atoms with Crippen molar-refractivity contribution in [2.75, 3.05) is 0 Å². The Labute approximate surface area is 360 Å². The van der Waals surface area contributed by atoms with Gasteiger partial charge in [0.25, 0.3) is 0 Å². The van der Waals surface area contributed by atoms with E-state index < -0.39 is 0 Å². The molecule has 8 rings (SSSR count). The number of hydrogen-bond donors (Lipinski definition) is 0. The normalized spacial score (nSPS) is 46.9. The van der Waals surface area contributed by atoms with Gasteiger partial charge in [0.05, 0.1) is 0 Å². The van der Waals surface area contributed by atoms with Crippen LogP contribution >= 0.6 is 0 Å². The minimum atomic E-state index is 0.530. The summed E-state index contributed by atoms with van der Waals surface area (Å²) in [6.45, 7) is 26.1. The maximum atomic E-state index is 2.89. The maximum absolute atomic E-state index is 2.89. The molecule has 0 amide bonds. The molecular formula is C54H90Se2. The van der Waals surface area contributed by atoms with E-state index in [1.807, 2.05) is 11.1 Å². The first-order chi connectivity index (χ1) is 26.7. The van der Waals surface area contributed by atoms with Crippen molar-refractivity contribution in [2.24, 2.45) is 92.7 Å². The van der Waals surface area contributed by atoms with Gasteiger partial charge in [-0.3, -0.25) is 0 Å². The molecule has 0 radical (unpaired) electrons. The van der Waals surface area contributed by atoms with E-state index in [4.69, 9.17) is 0 Å². The number of fused-ring (bicyclic) bond motifs is 10. The Morgan fingerprint density at radius 3 is 1.30 bits per heavy atom. The van der Waals surface area contributed by atoms with Crippen LogP contribution in [0.1, 0.15) is 210 Å². The van der Waals surface area contributed by atoms with E-state index in [1.165, 1.54) is 116 Å². The Balaban J connectivity index is 0.844. The van der Waals surface area contributed by atoms with E-state index >= 15 is 0 Å². The number of allylic oxidation sites excluding steroid dienone is 4. The van der Waals surface area contributed by atoms with Crippen molar-refractivity contribution >= 4 is 26.3 Å². The summed E-state index contributed by atoms with van der Waals surface area (Å²) in [5, 5.41) is 0. The molecule has 6 fully saturated rings. The Kier molecular flexibility index (Phi) is 13.1. The first kappa shape index (κ1) is 43.2. The molecule has 56 heavy (non-hydrogen) atoms. The molecular weight excluding hydrogens is 807 g/mol. The molecule has 0 unspecified atom stereocenters. The molecule has 0 spiro atoms. The molecule has 318 valence electrons. The van der Waals surface area contributed by atoms with Crippen LogP contribution in [0.25, 0.3) is 0 Å². The van der Waals surface area contributed by atoms with Crippen LogP contribution in [0, 0.1) is 92.7 Å². The second-order valence-electron chi connectivity index (χ2n) is 24.5. The van der Waals surface area contributed by atoms with Crippen LogP contribution in [0.2, 0.25) is 9.63 Å². The van der Waals surface area contributed by atoms with E-state index in [0.29, 0.717) is 21.7 Å². The van der Waals surface area contributed by atoms with Gasteiger partial charge in [-0.15, -0.1) is 0 Å². The summed E-state index contributed by atoms with van der Waals surface area (Å²) in [6, 6.07) is 0. The van der Waals surface area contributed by atoms with E-state index in [1.54, 1.807) is 25.7 Å². The Hall–Kier alpha value is 0.519. The van der Waals surface area contributed by atoms with Gasteiger partial charge < -0.3 is 0 Å². The SMILES string of the molecule is CC(C)CCC[C@@H](C)[C@H]1CC[C@H]2[C@@H]3CC=C4C[C@H]([Se][Se][C@@H]5CC[C@@]6(C)C(=CC[C@H]7[C@@H]8CC[C@H]([C@H](C)CCCC(C)C)[C@@]8(C)CC[C@@H]76)C5)CC[C@]4(C)[C@H]3CC[C@]12C. The summed E-state index contributed by atoms with van der Waals surface area (Å²) in [7, 11) is 0. The van der Waals surface area contributed by atoms with Gasteiger partial charge in [-0.25, -0.2) is 0 Å². The van der Waals surface area contributed by atoms with Crippen LogP contribution < -0.4 is 0 Å². The molecule has 8 aliphatic carbocycles.